The Kier molecular flexibility index (Phi) is 15.2. The molecule has 0 aliphatic carbocycles. The summed E-state index contributed by atoms with van der Waals surface area (Å²) in [5.41, 5.74) is 2.45. The number of benzene rings is 2. The van der Waals surface area contributed by atoms with Gasteiger partial charge >= 0.3 is 27.3 Å². The van der Waals surface area contributed by atoms with Crippen molar-refractivity contribution in [2.75, 3.05) is 0 Å². The third-order valence-corrected chi connectivity index (χ3v) is 4.57. The fourth-order valence-electron chi connectivity index (χ4n) is 3.01. The van der Waals surface area contributed by atoms with Crippen molar-refractivity contribution in [3.8, 4) is 0 Å². The van der Waals surface area contributed by atoms with Crippen LogP contribution in [0.25, 0.3) is 0 Å². The summed E-state index contributed by atoms with van der Waals surface area (Å²) < 4.78 is 0. The van der Waals surface area contributed by atoms with Gasteiger partial charge in [-0.05, 0) is 36.8 Å². The summed E-state index contributed by atoms with van der Waals surface area (Å²) in [6.45, 7) is 4.26. The van der Waals surface area contributed by atoms with Crippen LogP contribution in [-0.2, 0) is 12.8 Å². The molecule has 0 fully saturated rings. The molecule has 0 aliphatic heterocycles. The largest absolute Gasteiger partial charge is 2.00 e. The fraction of sp³-hybridized carbons (Fsp3) is 0.417. The maximum Gasteiger partial charge on any atom is 2.00 e. The van der Waals surface area contributed by atoms with E-state index in [1.807, 2.05) is 24.3 Å². The molecule has 5 heteroatoms. The number of carbonyl (C=O) groups excluding carboxylic acids is 2. The van der Waals surface area contributed by atoms with Gasteiger partial charge in [-0.3, -0.25) is 0 Å². The number of carbonyl (C=O) groups is 2. The van der Waals surface area contributed by atoms with Gasteiger partial charge in [-0.25, -0.2) is 0 Å². The summed E-state index contributed by atoms with van der Waals surface area (Å²) in [6, 6.07) is 14.1. The van der Waals surface area contributed by atoms with Crippen LogP contribution in [0.4, 0.5) is 0 Å². The third kappa shape index (κ3) is 10.6. The Morgan fingerprint density at radius 1 is 0.655 bits per heavy atom. The number of rotatable bonds is 10. The topological polar surface area (TPSA) is 80.3 Å². The molecule has 4 nitrogen and oxygen atoms in total. The predicted molar refractivity (Wildman–Crippen MR) is 114 cm³/mol. The van der Waals surface area contributed by atoms with Gasteiger partial charge in [0.1, 0.15) is 0 Å². The summed E-state index contributed by atoms with van der Waals surface area (Å²) in [5.74, 6) is -2.14. The molecule has 29 heavy (non-hydrogen) atoms. The molecule has 0 aromatic heterocycles. The van der Waals surface area contributed by atoms with E-state index >= 15 is 0 Å². The van der Waals surface area contributed by atoms with Crippen LogP contribution in [0.5, 0.6) is 0 Å². The van der Waals surface area contributed by atoms with E-state index < -0.39 is 11.9 Å². The Hall–Kier alpha value is -1.70. The van der Waals surface area contributed by atoms with Crippen molar-refractivity contribution in [1.82, 2.24) is 0 Å². The summed E-state index contributed by atoms with van der Waals surface area (Å²) in [6.07, 6.45) is 8.32. The van der Waals surface area contributed by atoms with E-state index in [1.165, 1.54) is 0 Å². The Morgan fingerprint density at radius 3 is 1.31 bits per heavy atom. The number of hydrogen-bond donors (Lipinski definition) is 0. The van der Waals surface area contributed by atoms with Crippen molar-refractivity contribution in [2.45, 2.75) is 65.2 Å². The van der Waals surface area contributed by atoms with Crippen LogP contribution in [0.1, 0.15) is 84.2 Å². The predicted octanol–water partition coefficient (Wildman–Crippen LogP) is 3.18. The number of unbranched alkanes of at least 4 members (excludes halogenated alkanes) is 4. The fourth-order valence-corrected chi connectivity index (χ4v) is 3.01. The van der Waals surface area contributed by atoms with Crippen LogP contribution in [0, 0.1) is 0 Å². The molecular formula is C24H30O4Pb. The van der Waals surface area contributed by atoms with E-state index in [2.05, 4.69) is 13.8 Å². The van der Waals surface area contributed by atoms with E-state index in [9.17, 15) is 19.8 Å². The van der Waals surface area contributed by atoms with Gasteiger partial charge in [0.05, 0.1) is 11.9 Å². The zero-order valence-corrected chi connectivity index (χ0v) is 21.3. The van der Waals surface area contributed by atoms with Crippen LogP contribution in [0.15, 0.2) is 48.5 Å². The second-order valence-electron chi connectivity index (χ2n) is 6.80. The van der Waals surface area contributed by atoms with Crippen molar-refractivity contribution in [3.63, 3.8) is 0 Å². The number of aryl methyl sites for hydroxylation is 2. The van der Waals surface area contributed by atoms with Gasteiger partial charge in [0, 0.05) is 11.1 Å². The monoisotopic (exact) mass is 590 g/mol. The minimum absolute atomic E-state index is 0. The minimum atomic E-state index is -1.07. The van der Waals surface area contributed by atoms with Crippen molar-refractivity contribution in [3.05, 3.63) is 70.8 Å². The number of carboxylic acid groups (broad SMARTS) is 2. The van der Waals surface area contributed by atoms with Gasteiger partial charge in [-0.2, -0.15) is 0 Å². The Bertz CT molecular complexity index is 680. The zero-order chi connectivity index (χ0) is 20.8. The first-order valence-corrected chi connectivity index (χ1v) is 10.1. The van der Waals surface area contributed by atoms with Crippen molar-refractivity contribution >= 4 is 39.2 Å². The maximum atomic E-state index is 10.7. The number of carboxylic acids is 2. The van der Waals surface area contributed by atoms with Gasteiger partial charge < -0.3 is 19.8 Å². The van der Waals surface area contributed by atoms with Crippen molar-refractivity contribution in [1.29, 1.82) is 0 Å². The summed E-state index contributed by atoms with van der Waals surface area (Å²) in [7, 11) is 0. The van der Waals surface area contributed by atoms with Crippen LogP contribution in [0.3, 0.4) is 0 Å². The van der Waals surface area contributed by atoms with Gasteiger partial charge in [0.15, 0.2) is 0 Å². The van der Waals surface area contributed by atoms with Crippen LogP contribution in [-0.4, -0.2) is 39.2 Å². The molecule has 154 valence electrons. The Balaban J connectivity index is 0.000000523. The maximum absolute atomic E-state index is 10.7. The molecule has 0 saturated heterocycles. The molecule has 2 radical (unpaired) electrons. The summed E-state index contributed by atoms with van der Waals surface area (Å²) in [4.78, 5) is 21.5. The van der Waals surface area contributed by atoms with Crippen molar-refractivity contribution < 1.29 is 19.8 Å². The molecule has 0 N–H and O–H groups in total. The smallest absolute Gasteiger partial charge is 0.545 e. The molecule has 0 bridgehead atoms. The van der Waals surface area contributed by atoms with E-state index in [4.69, 9.17) is 0 Å². The average Bonchev–Trinajstić information content (AvgIpc) is 2.69. The standard InChI is InChI=1S/2C12H16O2.Pb/c2*1-2-3-4-7-10-8-5-6-9-11(10)12(13)14;/h2*5-6,8-9H,2-4,7H2,1H3,(H,13,14);/q;;+2/p-2. The summed E-state index contributed by atoms with van der Waals surface area (Å²) >= 11 is 0. The van der Waals surface area contributed by atoms with E-state index in [-0.39, 0.29) is 27.3 Å². The Morgan fingerprint density at radius 2 is 1.00 bits per heavy atom. The van der Waals surface area contributed by atoms with Gasteiger partial charge in [0.25, 0.3) is 0 Å². The molecular weight excluding hydrogens is 559 g/mol. The van der Waals surface area contributed by atoms with E-state index in [0.29, 0.717) is 11.1 Å². The second-order valence-corrected chi connectivity index (χ2v) is 6.80. The molecule has 2 aromatic carbocycles. The van der Waals surface area contributed by atoms with Crippen LogP contribution in [0.2, 0.25) is 0 Å². The van der Waals surface area contributed by atoms with Gasteiger partial charge in [-0.1, -0.05) is 88.1 Å². The van der Waals surface area contributed by atoms with Crippen molar-refractivity contribution in [2.24, 2.45) is 0 Å². The summed E-state index contributed by atoms with van der Waals surface area (Å²) in [5, 5.41) is 21.5. The molecule has 2 rings (SSSR count). The SMILES string of the molecule is CCCCCc1ccccc1C(=O)[O-].CCCCCc1ccccc1C(=O)[O-].[Pb+2]. The average molecular weight is 590 g/mol. The minimum Gasteiger partial charge on any atom is -0.545 e. The molecule has 0 atom stereocenters. The Labute approximate surface area is 194 Å². The molecule has 2 aromatic rings. The first-order valence-electron chi connectivity index (χ1n) is 10.1. The van der Waals surface area contributed by atoms with E-state index in [1.54, 1.807) is 24.3 Å². The van der Waals surface area contributed by atoms with Crippen LogP contribution < -0.4 is 10.2 Å². The second kappa shape index (κ2) is 16.1. The van der Waals surface area contributed by atoms with Crippen LogP contribution >= 0.6 is 0 Å². The van der Waals surface area contributed by atoms with Gasteiger partial charge in [0.2, 0.25) is 0 Å². The molecule has 0 heterocycles. The van der Waals surface area contributed by atoms with E-state index in [0.717, 1.165) is 62.5 Å². The van der Waals surface area contributed by atoms with Gasteiger partial charge in [-0.15, -0.1) is 0 Å². The first kappa shape index (κ1) is 27.3. The first-order chi connectivity index (χ1) is 13.5. The third-order valence-electron chi connectivity index (χ3n) is 4.57. The molecule has 0 saturated carbocycles. The molecule has 0 aliphatic rings. The number of hydrogen-bond acceptors (Lipinski definition) is 4. The molecule has 0 unspecified atom stereocenters. The zero-order valence-electron chi connectivity index (χ0n) is 17.4. The quantitative estimate of drug-likeness (QED) is 0.315. The molecule has 0 amide bonds. The normalized spacial score (nSPS) is 9.72. The number of aromatic carboxylic acids is 2. The molecule has 0 spiro atoms.